The fourth-order valence-electron chi connectivity index (χ4n) is 0.946. The maximum absolute atomic E-state index is 12.1. The Bertz CT molecular complexity index is 356. The maximum atomic E-state index is 12.1. The van der Waals surface area contributed by atoms with Crippen LogP contribution in [0.2, 0.25) is 0 Å². The highest BCUT2D eigenvalue weighted by atomic mass is 19.4. The molecule has 1 heterocycles. The van der Waals surface area contributed by atoms with Crippen LogP contribution in [0.5, 0.6) is 0 Å². The van der Waals surface area contributed by atoms with Gasteiger partial charge in [-0.1, -0.05) is 0 Å². The van der Waals surface area contributed by atoms with E-state index < -0.39 is 24.4 Å². The van der Waals surface area contributed by atoms with Gasteiger partial charge in [0.25, 0.3) is 0 Å². The summed E-state index contributed by atoms with van der Waals surface area (Å²) >= 11 is 0. The zero-order valence-electron chi connectivity index (χ0n) is 7.14. The van der Waals surface area contributed by atoms with Crippen LogP contribution in [0.15, 0.2) is 0 Å². The third kappa shape index (κ3) is 2.24. The number of imidazole rings is 1. The lowest BCUT2D eigenvalue weighted by molar-refractivity contribution is -0.144. The van der Waals surface area contributed by atoms with E-state index in [1.165, 1.54) is 6.92 Å². The third-order valence-electron chi connectivity index (χ3n) is 1.57. The second-order valence-corrected chi connectivity index (χ2v) is 2.73. The number of carbonyl (C=O) groups is 1. The van der Waals surface area contributed by atoms with Gasteiger partial charge in [0.1, 0.15) is 0 Å². The molecular formula is C7H7F3N2O2. The molecule has 0 aliphatic heterocycles. The molecule has 0 bridgehead atoms. The van der Waals surface area contributed by atoms with Crippen LogP contribution in [0, 0.1) is 6.92 Å². The smallest absolute Gasteiger partial charge is 0.449 e. The van der Waals surface area contributed by atoms with Gasteiger partial charge >= 0.3 is 12.1 Å². The van der Waals surface area contributed by atoms with E-state index in [0.717, 1.165) is 0 Å². The van der Waals surface area contributed by atoms with Crippen LogP contribution in [-0.2, 0) is 17.4 Å². The van der Waals surface area contributed by atoms with Crippen molar-refractivity contribution in [1.29, 1.82) is 0 Å². The fraction of sp³-hybridized carbons (Fsp3) is 0.429. The second-order valence-electron chi connectivity index (χ2n) is 2.73. The first-order valence-electron chi connectivity index (χ1n) is 3.65. The molecule has 0 amide bonds. The lowest BCUT2D eigenvalue weighted by Crippen LogP contribution is -2.08. The molecule has 1 aromatic heterocycles. The number of alkyl halides is 3. The Labute approximate surface area is 76.8 Å². The van der Waals surface area contributed by atoms with Crippen molar-refractivity contribution in [2.75, 3.05) is 0 Å². The molecular weight excluding hydrogens is 201 g/mol. The first-order chi connectivity index (χ1) is 6.30. The molecule has 0 spiro atoms. The Hall–Kier alpha value is -1.53. The highest BCUT2D eigenvalue weighted by Crippen LogP contribution is 2.27. The van der Waals surface area contributed by atoms with Crippen molar-refractivity contribution in [2.45, 2.75) is 19.5 Å². The van der Waals surface area contributed by atoms with Crippen molar-refractivity contribution < 1.29 is 23.1 Å². The molecule has 0 saturated heterocycles. The van der Waals surface area contributed by atoms with E-state index in [0.29, 0.717) is 0 Å². The molecule has 0 unspecified atom stereocenters. The lowest BCUT2D eigenvalue weighted by atomic mass is 10.3. The van der Waals surface area contributed by atoms with Crippen LogP contribution in [0.25, 0.3) is 0 Å². The molecule has 0 atom stereocenters. The summed E-state index contributed by atoms with van der Waals surface area (Å²) in [5.74, 6) is -2.38. The number of hydrogen-bond donors (Lipinski definition) is 2. The van der Waals surface area contributed by atoms with Gasteiger partial charge in [0.05, 0.1) is 12.1 Å². The first kappa shape index (κ1) is 10.6. The zero-order valence-corrected chi connectivity index (χ0v) is 7.14. The van der Waals surface area contributed by atoms with Crippen LogP contribution in [0.4, 0.5) is 13.2 Å². The molecule has 2 N–H and O–H groups in total. The summed E-state index contributed by atoms with van der Waals surface area (Å²) in [7, 11) is 0. The molecule has 78 valence electrons. The lowest BCUT2D eigenvalue weighted by Gasteiger charge is -1.99. The predicted molar refractivity (Wildman–Crippen MR) is 39.7 cm³/mol. The molecule has 14 heavy (non-hydrogen) atoms. The van der Waals surface area contributed by atoms with Crippen molar-refractivity contribution in [2.24, 2.45) is 0 Å². The van der Waals surface area contributed by atoms with Gasteiger partial charge in [0.15, 0.2) is 0 Å². The topological polar surface area (TPSA) is 66.0 Å². The van der Waals surface area contributed by atoms with Gasteiger partial charge in [-0.2, -0.15) is 13.2 Å². The van der Waals surface area contributed by atoms with Gasteiger partial charge in [0.2, 0.25) is 5.82 Å². The van der Waals surface area contributed by atoms with Crippen molar-refractivity contribution >= 4 is 5.97 Å². The molecule has 4 nitrogen and oxygen atoms in total. The standard InChI is InChI=1S/C7H7F3N2O2/c1-3-4(2-5(13)14)12-6(11-3)7(8,9)10/h2H2,1H3,(H,11,12)(H,13,14). The molecule has 0 aliphatic rings. The Morgan fingerprint density at radius 3 is 2.50 bits per heavy atom. The summed E-state index contributed by atoms with van der Waals surface area (Å²) in [6, 6.07) is 0. The van der Waals surface area contributed by atoms with Crippen LogP contribution in [-0.4, -0.2) is 21.0 Å². The summed E-state index contributed by atoms with van der Waals surface area (Å²) in [6.45, 7) is 1.35. The third-order valence-corrected chi connectivity index (χ3v) is 1.57. The van der Waals surface area contributed by atoms with Crippen molar-refractivity contribution in [3.8, 4) is 0 Å². The van der Waals surface area contributed by atoms with Gasteiger partial charge in [-0.25, -0.2) is 4.98 Å². The molecule has 0 fully saturated rings. The SMILES string of the molecule is Cc1[nH]c(C(F)(F)F)nc1CC(=O)O. The number of nitrogens with zero attached hydrogens (tertiary/aromatic N) is 1. The number of rotatable bonds is 2. The number of aliphatic carboxylic acids is 1. The Kier molecular flexibility index (Phi) is 2.50. The van der Waals surface area contributed by atoms with Gasteiger partial charge in [-0.3, -0.25) is 4.79 Å². The number of H-pyrrole nitrogens is 1. The Balaban J connectivity index is 2.99. The van der Waals surface area contributed by atoms with Crippen molar-refractivity contribution in [1.82, 2.24) is 9.97 Å². The quantitative estimate of drug-likeness (QED) is 0.771. The first-order valence-corrected chi connectivity index (χ1v) is 3.65. The number of halogens is 3. The van der Waals surface area contributed by atoms with E-state index in [-0.39, 0.29) is 11.4 Å². The van der Waals surface area contributed by atoms with Gasteiger partial charge < -0.3 is 10.1 Å². The van der Waals surface area contributed by atoms with E-state index in [1.54, 1.807) is 0 Å². The van der Waals surface area contributed by atoms with Crippen molar-refractivity contribution in [3.05, 3.63) is 17.2 Å². The minimum absolute atomic E-state index is 0.0928. The molecule has 1 aromatic rings. The maximum Gasteiger partial charge on any atom is 0.449 e. The number of aromatic amines is 1. The number of hydrogen-bond acceptors (Lipinski definition) is 2. The zero-order chi connectivity index (χ0) is 10.9. The number of carboxylic acid groups (broad SMARTS) is 1. The number of aryl methyl sites for hydroxylation is 1. The Morgan fingerprint density at radius 1 is 1.57 bits per heavy atom. The van der Waals surface area contributed by atoms with E-state index >= 15 is 0 Å². The van der Waals surface area contributed by atoms with Gasteiger partial charge in [0, 0.05) is 5.69 Å². The number of carboxylic acids is 1. The van der Waals surface area contributed by atoms with Crippen LogP contribution in [0.1, 0.15) is 17.2 Å². The normalized spacial score (nSPS) is 11.7. The molecule has 0 aliphatic carbocycles. The molecule has 0 radical (unpaired) electrons. The molecule has 0 aromatic carbocycles. The monoisotopic (exact) mass is 208 g/mol. The summed E-state index contributed by atoms with van der Waals surface area (Å²) < 4.78 is 36.2. The van der Waals surface area contributed by atoms with Crippen LogP contribution < -0.4 is 0 Å². The molecule has 1 rings (SSSR count). The summed E-state index contributed by atoms with van der Waals surface area (Å²) in [5, 5.41) is 8.37. The molecule has 7 heteroatoms. The minimum Gasteiger partial charge on any atom is -0.481 e. The van der Waals surface area contributed by atoms with E-state index in [2.05, 4.69) is 4.98 Å². The minimum atomic E-state index is -4.57. The van der Waals surface area contributed by atoms with Gasteiger partial charge in [-0.05, 0) is 6.92 Å². The highest BCUT2D eigenvalue weighted by Gasteiger charge is 2.35. The average Bonchev–Trinajstić information content (AvgIpc) is 2.30. The van der Waals surface area contributed by atoms with Crippen molar-refractivity contribution in [3.63, 3.8) is 0 Å². The predicted octanol–water partition coefficient (Wildman–Crippen LogP) is 1.36. The van der Waals surface area contributed by atoms with E-state index in [1.807, 2.05) is 4.98 Å². The molecule has 0 saturated carbocycles. The van der Waals surface area contributed by atoms with E-state index in [9.17, 15) is 18.0 Å². The summed E-state index contributed by atoms with van der Waals surface area (Å²) in [4.78, 5) is 15.4. The van der Waals surface area contributed by atoms with E-state index in [4.69, 9.17) is 5.11 Å². The summed E-state index contributed by atoms with van der Waals surface area (Å²) in [6.07, 6.45) is -5.08. The Morgan fingerprint density at radius 2 is 2.14 bits per heavy atom. The van der Waals surface area contributed by atoms with Gasteiger partial charge in [-0.15, -0.1) is 0 Å². The average molecular weight is 208 g/mol. The second kappa shape index (κ2) is 3.32. The highest BCUT2D eigenvalue weighted by molar-refractivity contribution is 5.69. The number of nitrogens with one attached hydrogen (secondary N) is 1. The fourth-order valence-corrected chi connectivity index (χ4v) is 0.946. The number of aromatic nitrogens is 2. The van der Waals surface area contributed by atoms with Crippen LogP contribution in [0.3, 0.4) is 0 Å². The van der Waals surface area contributed by atoms with Crippen LogP contribution >= 0.6 is 0 Å². The summed E-state index contributed by atoms with van der Waals surface area (Å²) in [5.41, 5.74) is 0.0320. The largest absolute Gasteiger partial charge is 0.481 e.